The van der Waals surface area contributed by atoms with Crippen molar-refractivity contribution in [2.45, 2.75) is 6.54 Å². The maximum absolute atomic E-state index is 13.6. The summed E-state index contributed by atoms with van der Waals surface area (Å²) in [5.74, 6) is -2.27. The number of thiazole rings is 1. The van der Waals surface area contributed by atoms with Gasteiger partial charge in [-0.15, -0.1) is 11.3 Å². The number of rotatable bonds is 4. The smallest absolute Gasteiger partial charge is 0.338 e. The largest absolute Gasteiger partial charge is 0.478 e. The topological polar surface area (TPSA) is 75.1 Å². The molecular weight excluding hydrogens is 245 g/mol. The van der Waals surface area contributed by atoms with Crippen molar-refractivity contribution in [2.75, 3.05) is 5.32 Å². The van der Waals surface area contributed by atoms with E-state index in [-0.39, 0.29) is 5.82 Å². The molecular formula is C10H8FN3O2S. The van der Waals surface area contributed by atoms with Crippen molar-refractivity contribution in [2.24, 2.45) is 0 Å². The molecule has 88 valence electrons. The predicted molar refractivity (Wildman–Crippen MR) is 60.6 cm³/mol. The Morgan fingerprint density at radius 1 is 1.53 bits per heavy atom. The molecule has 0 radical (unpaired) electrons. The number of hydrogen-bond acceptors (Lipinski definition) is 5. The molecule has 0 fully saturated rings. The number of aromatic carboxylic acids is 1. The van der Waals surface area contributed by atoms with Crippen molar-refractivity contribution in [3.8, 4) is 0 Å². The quantitative estimate of drug-likeness (QED) is 0.871. The molecule has 5 nitrogen and oxygen atoms in total. The van der Waals surface area contributed by atoms with E-state index in [0.717, 1.165) is 11.8 Å². The minimum atomic E-state index is -1.32. The number of carbonyl (C=O) groups is 1. The van der Waals surface area contributed by atoms with Gasteiger partial charge in [0.25, 0.3) is 0 Å². The fourth-order valence-corrected chi connectivity index (χ4v) is 1.79. The molecule has 17 heavy (non-hydrogen) atoms. The van der Waals surface area contributed by atoms with Crippen molar-refractivity contribution < 1.29 is 14.3 Å². The van der Waals surface area contributed by atoms with Gasteiger partial charge in [-0.1, -0.05) is 0 Å². The van der Waals surface area contributed by atoms with Gasteiger partial charge in [0, 0.05) is 11.6 Å². The molecule has 2 rings (SSSR count). The Morgan fingerprint density at radius 2 is 2.35 bits per heavy atom. The Labute approximate surface area is 100.0 Å². The zero-order valence-electron chi connectivity index (χ0n) is 8.55. The van der Waals surface area contributed by atoms with Crippen LogP contribution in [0.25, 0.3) is 0 Å². The van der Waals surface area contributed by atoms with Gasteiger partial charge in [-0.05, 0) is 6.07 Å². The summed E-state index contributed by atoms with van der Waals surface area (Å²) in [5, 5.41) is 13.3. The molecule has 7 heteroatoms. The first-order valence-electron chi connectivity index (χ1n) is 4.67. The second-order valence-corrected chi connectivity index (χ2v) is 3.88. The first kappa shape index (κ1) is 11.5. The van der Waals surface area contributed by atoms with Crippen LogP contribution >= 0.6 is 11.3 Å². The minimum Gasteiger partial charge on any atom is -0.478 e. The maximum Gasteiger partial charge on any atom is 0.338 e. The zero-order chi connectivity index (χ0) is 12.3. The highest BCUT2D eigenvalue weighted by molar-refractivity contribution is 7.07. The van der Waals surface area contributed by atoms with E-state index >= 15 is 0 Å². The number of nitrogens with zero attached hydrogens (tertiary/aromatic N) is 2. The maximum atomic E-state index is 13.6. The van der Waals surface area contributed by atoms with Gasteiger partial charge in [0.15, 0.2) is 11.6 Å². The van der Waals surface area contributed by atoms with Crippen molar-refractivity contribution in [1.82, 2.24) is 9.97 Å². The monoisotopic (exact) mass is 253 g/mol. The first-order chi connectivity index (χ1) is 8.18. The van der Waals surface area contributed by atoms with Gasteiger partial charge in [0.2, 0.25) is 0 Å². The van der Waals surface area contributed by atoms with Gasteiger partial charge in [-0.3, -0.25) is 0 Å². The number of carboxylic acid groups (broad SMARTS) is 1. The molecule has 2 N–H and O–H groups in total. The van der Waals surface area contributed by atoms with E-state index < -0.39 is 17.3 Å². The van der Waals surface area contributed by atoms with Crippen LogP contribution in [0.5, 0.6) is 0 Å². The number of anilines is 1. The summed E-state index contributed by atoms with van der Waals surface area (Å²) in [6.07, 6.45) is 1.25. The first-order valence-corrected chi connectivity index (χ1v) is 5.61. The lowest BCUT2D eigenvalue weighted by Gasteiger charge is -2.06. The predicted octanol–water partition coefficient (Wildman–Crippen LogP) is 1.99. The van der Waals surface area contributed by atoms with Crippen molar-refractivity contribution in [3.05, 3.63) is 40.2 Å². The highest BCUT2D eigenvalue weighted by Gasteiger charge is 2.14. The molecule has 0 unspecified atom stereocenters. The molecule has 0 aliphatic heterocycles. The average Bonchev–Trinajstić information content (AvgIpc) is 2.80. The van der Waals surface area contributed by atoms with Gasteiger partial charge in [-0.2, -0.15) is 0 Å². The van der Waals surface area contributed by atoms with E-state index in [1.165, 1.54) is 17.5 Å². The number of pyridine rings is 1. The summed E-state index contributed by atoms with van der Waals surface area (Å²) >= 11 is 1.43. The summed E-state index contributed by atoms with van der Waals surface area (Å²) in [5.41, 5.74) is 2.01. The normalized spacial score (nSPS) is 10.2. The second-order valence-electron chi connectivity index (χ2n) is 3.16. The van der Waals surface area contributed by atoms with Gasteiger partial charge in [0.1, 0.15) is 5.56 Å². The lowest BCUT2D eigenvalue weighted by atomic mass is 10.2. The Balaban J connectivity index is 2.16. The van der Waals surface area contributed by atoms with E-state index in [0.29, 0.717) is 6.54 Å². The molecule has 0 aromatic carbocycles. The number of hydrogen-bond donors (Lipinski definition) is 2. The summed E-state index contributed by atoms with van der Waals surface area (Å²) in [4.78, 5) is 18.5. The average molecular weight is 253 g/mol. The Kier molecular flexibility index (Phi) is 3.29. The van der Waals surface area contributed by atoms with E-state index in [1.54, 1.807) is 5.51 Å². The highest BCUT2D eigenvalue weighted by atomic mass is 32.1. The Morgan fingerprint density at radius 3 is 3.00 bits per heavy atom. The van der Waals surface area contributed by atoms with Crippen LogP contribution < -0.4 is 5.32 Å². The molecule has 2 aromatic rings. The SMILES string of the molecule is O=C(O)c1ccnc(NCc2cscn2)c1F. The van der Waals surface area contributed by atoms with Crippen LogP contribution in [-0.2, 0) is 6.54 Å². The van der Waals surface area contributed by atoms with Crippen molar-refractivity contribution in [3.63, 3.8) is 0 Å². The summed E-state index contributed by atoms with van der Waals surface area (Å²) in [6.45, 7) is 0.302. The van der Waals surface area contributed by atoms with Crippen LogP contribution in [0.2, 0.25) is 0 Å². The summed E-state index contributed by atoms with van der Waals surface area (Å²) in [6, 6.07) is 1.12. The zero-order valence-corrected chi connectivity index (χ0v) is 9.37. The fraction of sp³-hybridized carbons (Fsp3) is 0.100. The third-order valence-corrected chi connectivity index (χ3v) is 2.68. The van der Waals surface area contributed by atoms with E-state index in [2.05, 4.69) is 15.3 Å². The second kappa shape index (κ2) is 4.88. The third-order valence-electron chi connectivity index (χ3n) is 2.04. The van der Waals surface area contributed by atoms with Crippen LogP contribution in [0.4, 0.5) is 10.2 Å². The molecule has 2 aromatic heterocycles. The lowest BCUT2D eigenvalue weighted by molar-refractivity contribution is 0.0692. The van der Waals surface area contributed by atoms with Crippen LogP contribution in [0.15, 0.2) is 23.2 Å². The van der Waals surface area contributed by atoms with Gasteiger partial charge >= 0.3 is 5.97 Å². The number of aromatic nitrogens is 2. The summed E-state index contributed by atoms with van der Waals surface area (Å²) in [7, 11) is 0. The highest BCUT2D eigenvalue weighted by Crippen LogP contribution is 2.15. The van der Waals surface area contributed by atoms with E-state index in [4.69, 9.17) is 5.11 Å². The van der Waals surface area contributed by atoms with Crippen molar-refractivity contribution >= 4 is 23.1 Å². The van der Waals surface area contributed by atoms with Crippen LogP contribution in [0.1, 0.15) is 16.1 Å². The molecule has 0 amide bonds. The number of halogens is 1. The molecule has 0 aliphatic rings. The van der Waals surface area contributed by atoms with Gasteiger partial charge < -0.3 is 10.4 Å². The standard InChI is InChI=1S/C10H8FN3O2S/c11-8-7(10(15)16)1-2-12-9(8)13-3-6-4-17-5-14-6/h1-2,4-5H,3H2,(H,12,13)(H,15,16). The Bertz CT molecular complexity index is 530. The van der Waals surface area contributed by atoms with Crippen molar-refractivity contribution in [1.29, 1.82) is 0 Å². The lowest BCUT2D eigenvalue weighted by Crippen LogP contribution is -2.08. The Hall–Kier alpha value is -2.02. The van der Waals surface area contributed by atoms with Crippen LogP contribution in [-0.4, -0.2) is 21.0 Å². The molecule has 0 saturated carbocycles. The van der Waals surface area contributed by atoms with Crippen LogP contribution in [0.3, 0.4) is 0 Å². The van der Waals surface area contributed by atoms with E-state index in [9.17, 15) is 9.18 Å². The number of nitrogens with one attached hydrogen (secondary N) is 1. The third kappa shape index (κ3) is 2.56. The van der Waals surface area contributed by atoms with Gasteiger partial charge in [0.05, 0.1) is 17.7 Å². The van der Waals surface area contributed by atoms with E-state index in [1.807, 2.05) is 5.38 Å². The summed E-state index contributed by atoms with van der Waals surface area (Å²) < 4.78 is 13.6. The number of carboxylic acids is 1. The molecule has 0 spiro atoms. The molecule has 0 saturated heterocycles. The molecule has 0 bridgehead atoms. The minimum absolute atomic E-state index is 0.0853. The van der Waals surface area contributed by atoms with Gasteiger partial charge in [-0.25, -0.2) is 19.2 Å². The van der Waals surface area contributed by atoms with Crippen LogP contribution in [0, 0.1) is 5.82 Å². The molecule has 0 atom stereocenters. The molecule has 0 aliphatic carbocycles. The fourth-order valence-electron chi connectivity index (χ4n) is 1.23. The molecule has 2 heterocycles.